The summed E-state index contributed by atoms with van der Waals surface area (Å²) in [6.07, 6.45) is 1.58. The molecule has 15 heavy (non-hydrogen) atoms. The average Bonchev–Trinajstić information content (AvgIpc) is 2.80. The summed E-state index contributed by atoms with van der Waals surface area (Å²) < 4.78 is 5.09. The molecular weight excluding hydrogens is 190 g/mol. The van der Waals surface area contributed by atoms with E-state index in [0.717, 1.165) is 5.76 Å². The van der Waals surface area contributed by atoms with Crippen LogP contribution < -0.4 is 5.32 Å². The van der Waals surface area contributed by atoms with Crippen LogP contribution in [-0.4, -0.2) is 5.91 Å². The highest BCUT2D eigenvalue weighted by atomic mass is 16.3. The van der Waals surface area contributed by atoms with E-state index in [0.29, 0.717) is 12.1 Å². The molecule has 2 rings (SSSR count). The third-order valence-electron chi connectivity index (χ3n) is 1.96. The van der Waals surface area contributed by atoms with Crippen molar-refractivity contribution in [3.05, 3.63) is 60.1 Å². The van der Waals surface area contributed by atoms with E-state index in [9.17, 15) is 4.79 Å². The minimum Gasteiger partial charge on any atom is -0.467 e. The number of furan rings is 1. The van der Waals surface area contributed by atoms with Crippen LogP contribution in [0.2, 0.25) is 0 Å². The molecule has 0 aliphatic rings. The topological polar surface area (TPSA) is 42.2 Å². The summed E-state index contributed by atoms with van der Waals surface area (Å²) in [4.78, 5) is 11.6. The lowest BCUT2D eigenvalue weighted by atomic mass is 10.2. The third kappa shape index (κ3) is 2.47. The van der Waals surface area contributed by atoms with Crippen molar-refractivity contribution in [2.75, 3.05) is 0 Å². The van der Waals surface area contributed by atoms with Crippen molar-refractivity contribution < 1.29 is 9.21 Å². The maximum atomic E-state index is 11.6. The van der Waals surface area contributed by atoms with Crippen LogP contribution in [0.25, 0.3) is 0 Å². The van der Waals surface area contributed by atoms with Crippen LogP contribution >= 0.6 is 0 Å². The Morgan fingerprint density at radius 1 is 1.33 bits per heavy atom. The zero-order valence-corrected chi connectivity index (χ0v) is 8.07. The number of hydrogen-bond donors (Lipinski definition) is 1. The molecule has 0 aliphatic heterocycles. The summed E-state index contributed by atoms with van der Waals surface area (Å²) >= 11 is 0. The minimum absolute atomic E-state index is 0.146. The fraction of sp³-hybridized carbons (Fsp3) is 0.0833. The Balaban J connectivity index is 1.94. The molecule has 0 aliphatic carbocycles. The van der Waals surface area contributed by atoms with Gasteiger partial charge in [-0.1, -0.05) is 18.2 Å². The van der Waals surface area contributed by atoms with Crippen LogP contribution in [0.5, 0.6) is 0 Å². The lowest BCUT2D eigenvalue weighted by molar-refractivity contribution is 0.0948. The van der Waals surface area contributed by atoms with Crippen molar-refractivity contribution in [3.8, 4) is 0 Å². The van der Waals surface area contributed by atoms with E-state index in [2.05, 4.69) is 11.4 Å². The summed E-state index contributed by atoms with van der Waals surface area (Å²) in [5.41, 5.74) is 0.532. The van der Waals surface area contributed by atoms with Gasteiger partial charge in [-0.25, -0.2) is 0 Å². The van der Waals surface area contributed by atoms with E-state index >= 15 is 0 Å². The standard InChI is InChI=1S/C12H10NO2/c14-12(10-5-2-1-3-6-10)13-9-11-7-4-8-15-11/h1-5,7-8H,9H2,(H,13,14). The van der Waals surface area contributed by atoms with Gasteiger partial charge in [-0.3, -0.25) is 4.79 Å². The maximum Gasteiger partial charge on any atom is 0.252 e. The maximum absolute atomic E-state index is 11.6. The average molecular weight is 200 g/mol. The van der Waals surface area contributed by atoms with Gasteiger partial charge in [0.15, 0.2) is 0 Å². The summed E-state index contributed by atoms with van der Waals surface area (Å²) in [5.74, 6) is 0.589. The molecule has 1 heterocycles. The van der Waals surface area contributed by atoms with E-state index in [1.54, 1.807) is 30.5 Å². The number of carbonyl (C=O) groups is 1. The lowest BCUT2D eigenvalue weighted by Gasteiger charge is -2.01. The van der Waals surface area contributed by atoms with Crippen LogP contribution in [0.1, 0.15) is 16.1 Å². The normalized spacial score (nSPS) is 9.87. The Bertz CT molecular complexity index is 420. The predicted molar refractivity (Wildman–Crippen MR) is 55.2 cm³/mol. The molecule has 75 valence electrons. The molecule has 1 aromatic carbocycles. The molecule has 0 bridgehead atoms. The van der Waals surface area contributed by atoms with E-state index in [4.69, 9.17) is 4.42 Å². The SMILES string of the molecule is O=C(NCc1ccco1)c1[c]cccc1. The number of nitrogens with one attached hydrogen (secondary N) is 1. The quantitative estimate of drug-likeness (QED) is 0.823. The van der Waals surface area contributed by atoms with Gasteiger partial charge in [0.05, 0.1) is 12.8 Å². The summed E-state index contributed by atoms with van der Waals surface area (Å²) in [6.45, 7) is 0.397. The van der Waals surface area contributed by atoms with E-state index in [1.165, 1.54) is 0 Å². The van der Waals surface area contributed by atoms with E-state index in [1.807, 2.05) is 12.1 Å². The Labute approximate surface area is 87.7 Å². The highest BCUT2D eigenvalue weighted by Crippen LogP contribution is 2.01. The highest BCUT2D eigenvalue weighted by Gasteiger charge is 2.04. The van der Waals surface area contributed by atoms with Gasteiger partial charge in [-0.2, -0.15) is 0 Å². The molecule has 2 aromatic rings. The second kappa shape index (κ2) is 4.46. The second-order valence-electron chi connectivity index (χ2n) is 3.04. The zero-order valence-electron chi connectivity index (χ0n) is 8.07. The van der Waals surface area contributed by atoms with Gasteiger partial charge in [-0.15, -0.1) is 0 Å². The largest absolute Gasteiger partial charge is 0.467 e. The molecule has 0 unspecified atom stereocenters. The summed E-state index contributed by atoms with van der Waals surface area (Å²) in [6, 6.07) is 13.5. The number of hydrogen-bond acceptors (Lipinski definition) is 2. The first kappa shape index (κ1) is 9.52. The van der Waals surface area contributed by atoms with Crippen molar-refractivity contribution >= 4 is 5.91 Å². The van der Waals surface area contributed by atoms with Gasteiger partial charge in [-0.05, 0) is 24.3 Å². The Morgan fingerprint density at radius 3 is 2.93 bits per heavy atom. The molecule has 0 saturated heterocycles. The molecule has 3 heteroatoms. The molecule has 1 N–H and O–H groups in total. The number of rotatable bonds is 3. The molecule has 1 aromatic heterocycles. The second-order valence-corrected chi connectivity index (χ2v) is 3.04. The van der Waals surface area contributed by atoms with Crippen molar-refractivity contribution in [2.45, 2.75) is 6.54 Å². The van der Waals surface area contributed by atoms with Crippen LogP contribution in [0.3, 0.4) is 0 Å². The van der Waals surface area contributed by atoms with Crippen molar-refractivity contribution in [2.24, 2.45) is 0 Å². The Morgan fingerprint density at radius 2 is 2.27 bits per heavy atom. The monoisotopic (exact) mass is 200 g/mol. The summed E-state index contributed by atoms with van der Waals surface area (Å²) in [5, 5.41) is 2.74. The van der Waals surface area contributed by atoms with Gasteiger partial charge in [0.25, 0.3) is 5.91 Å². The highest BCUT2D eigenvalue weighted by molar-refractivity contribution is 5.93. The van der Waals surface area contributed by atoms with Crippen LogP contribution in [-0.2, 0) is 6.54 Å². The first-order valence-corrected chi connectivity index (χ1v) is 4.63. The molecule has 1 amide bonds. The number of benzene rings is 1. The van der Waals surface area contributed by atoms with E-state index < -0.39 is 0 Å². The Kier molecular flexibility index (Phi) is 2.83. The van der Waals surface area contributed by atoms with E-state index in [-0.39, 0.29) is 5.91 Å². The predicted octanol–water partition coefficient (Wildman–Crippen LogP) is 2.01. The van der Waals surface area contributed by atoms with Crippen molar-refractivity contribution in [1.82, 2.24) is 5.32 Å². The van der Waals surface area contributed by atoms with Gasteiger partial charge >= 0.3 is 0 Å². The fourth-order valence-corrected chi connectivity index (χ4v) is 1.21. The molecule has 0 saturated carbocycles. The van der Waals surface area contributed by atoms with Crippen LogP contribution in [0.15, 0.2) is 47.1 Å². The van der Waals surface area contributed by atoms with Crippen LogP contribution in [0.4, 0.5) is 0 Å². The minimum atomic E-state index is -0.146. The lowest BCUT2D eigenvalue weighted by Crippen LogP contribution is -2.22. The third-order valence-corrected chi connectivity index (χ3v) is 1.96. The summed E-state index contributed by atoms with van der Waals surface area (Å²) in [7, 11) is 0. The van der Waals surface area contributed by atoms with Crippen molar-refractivity contribution in [3.63, 3.8) is 0 Å². The Hall–Kier alpha value is -2.03. The molecule has 3 nitrogen and oxygen atoms in total. The molecule has 0 atom stereocenters. The molecule has 0 spiro atoms. The molecule has 0 fully saturated rings. The molecule has 1 radical (unpaired) electrons. The fourth-order valence-electron chi connectivity index (χ4n) is 1.21. The molecular formula is C12H10NO2. The number of amides is 1. The zero-order chi connectivity index (χ0) is 10.5. The number of carbonyl (C=O) groups excluding carboxylic acids is 1. The van der Waals surface area contributed by atoms with Gasteiger partial charge in [0, 0.05) is 5.56 Å². The smallest absolute Gasteiger partial charge is 0.252 e. The van der Waals surface area contributed by atoms with Crippen LogP contribution in [0, 0.1) is 6.07 Å². The van der Waals surface area contributed by atoms with Gasteiger partial charge in [0.1, 0.15) is 5.76 Å². The first-order valence-electron chi connectivity index (χ1n) is 4.63. The van der Waals surface area contributed by atoms with Gasteiger partial charge in [0.2, 0.25) is 0 Å². The van der Waals surface area contributed by atoms with Crippen molar-refractivity contribution in [1.29, 1.82) is 0 Å². The first-order chi connectivity index (χ1) is 7.36. The van der Waals surface area contributed by atoms with Gasteiger partial charge < -0.3 is 9.73 Å².